The number of carbonyl (C=O) groups is 1. The Hall–Kier alpha value is -1.96. The highest BCUT2D eigenvalue weighted by molar-refractivity contribution is 6.42. The maximum atomic E-state index is 10.9. The molecular weight excluding hydrogens is 379 g/mol. The third-order valence-corrected chi connectivity index (χ3v) is 5.05. The number of aromatic nitrogens is 2. The summed E-state index contributed by atoms with van der Waals surface area (Å²) >= 11 is 12.0. The predicted molar refractivity (Wildman–Crippen MR) is 99.9 cm³/mol. The fraction of sp³-hybridized carbons (Fsp3) is 0.412. The minimum Gasteiger partial charge on any atom is -0.475 e. The van der Waals surface area contributed by atoms with Gasteiger partial charge in [-0.1, -0.05) is 23.2 Å². The highest BCUT2D eigenvalue weighted by atomic mass is 35.5. The van der Waals surface area contributed by atoms with Gasteiger partial charge in [-0.05, 0) is 25.1 Å². The Morgan fingerprint density at radius 2 is 1.92 bits per heavy atom. The van der Waals surface area contributed by atoms with E-state index in [1.54, 1.807) is 16.8 Å². The summed E-state index contributed by atoms with van der Waals surface area (Å²) in [5.74, 6) is 0.540. The average Bonchev–Trinajstić information content (AvgIpc) is 2.98. The molecule has 26 heavy (non-hydrogen) atoms. The molecule has 1 aromatic heterocycles. The van der Waals surface area contributed by atoms with Crippen molar-refractivity contribution in [3.05, 3.63) is 40.0 Å². The molecule has 0 bridgehead atoms. The quantitative estimate of drug-likeness (QED) is 0.837. The van der Waals surface area contributed by atoms with Crippen LogP contribution in [0.3, 0.4) is 0 Å². The second-order valence-electron chi connectivity index (χ2n) is 6.09. The van der Waals surface area contributed by atoms with Gasteiger partial charge >= 0.3 is 6.09 Å². The van der Waals surface area contributed by atoms with E-state index in [0.717, 1.165) is 17.9 Å². The zero-order valence-electron chi connectivity index (χ0n) is 14.4. The lowest BCUT2D eigenvalue weighted by molar-refractivity contribution is 0.0981. The fourth-order valence-electron chi connectivity index (χ4n) is 2.84. The van der Waals surface area contributed by atoms with Gasteiger partial charge < -0.3 is 14.7 Å². The van der Waals surface area contributed by atoms with E-state index in [1.165, 1.54) is 4.90 Å². The van der Waals surface area contributed by atoms with Crippen LogP contribution in [-0.2, 0) is 0 Å². The Balaban J connectivity index is 1.53. The van der Waals surface area contributed by atoms with Crippen LogP contribution in [0.2, 0.25) is 10.0 Å². The summed E-state index contributed by atoms with van der Waals surface area (Å²) in [6.45, 7) is 5.64. The fourth-order valence-corrected chi connectivity index (χ4v) is 3.13. The average molecular weight is 399 g/mol. The Labute approximate surface area is 161 Å². The van der Waals surface area contributed by atoms with Gasteiger partial charge in [-0.3, -0.25) is 4.90 Å². The normalized spacial score (nSPS) is 15.3. The van der Waals surface area contributed by atoms with E-state index in [0.29, 0.717) is 48.7 Å². The Bertz CT molecular complexity index is 788. The zero-order valence-corrected chi connectivity index (χ0v) is 15.9. The number of hydrogen-bond donors (Lipinski definition) is 1. The molecule has 0 unspecified atom stereocenters. The first-order chi connectivity index (χ1) is 12.4. The van der Waals surface area contributed by atoms with Crippen molar-refractivity contribution in [2.45, 2.75) is 6.92 Å². The van der Waals surface area contributed by atoms with Crippen molar-refractivity contribution < 1.29 is 14.6 Å². The minimum absolute atomic E-state index is 0.474. The predicted octanol–water partition coefficient (Wildman–Crippen LogP) is 3.16. The molecule has 2 aromatic rings. The first kappa shape index (κ1) is 18.8. The van der Waals surface area contributed by atoms with Crippen molar-refractivity contribution in [2.24, 2.45) is 0 Å². The second kappa shape index (κ2) is 8.16. The first-order valence-corrected chi connectivity index (χ1v) is 9.05. The summed E-state index contributed by atoms with van der Waals surface area (Å²) in [5.41, 5.74) is 1.74. The molecule has 0 saturated carbocycles. The summed E-state index contributed by atoms with van der Waals surface area (Å²) in [4.78, 5) is 14.5. The molecule has 1 aliphatic heterocycles. The van der Waals surface area contributed by atoms with E-state index in [1.807, 2.05) is 19.1 Å². The molecule has 7 nitrogen and oxygen atoms in total. The molecule has 0 radical (unpaired) electrons. The lowest BCUT2D eigenvalue weighted by Gasteiger charge is -2.32. The van der Waals surface area contributed by atoms with Crippen molar-refractivity contribution >= 4 is 29.3 Å². The molecule has 1 saturated heterocycles. The maximum absolute atomic E-state index is 10.9. The van der Waals surface area contributed by atoms with Crippen LogP contribution in [0.25, 0.3) is 5.69 Å². The van der Waals surface area contributed by atoms with Crippen molar-refractivity contribution in [3.63, 3.8) is 0 Å². The molecule has 1 N–H and O–H groups in total. The van der Waals surface area contributed by atoms with Gasteiger partial charge in [0.15, 0.2) is 0 Å². The minimum atomic E-state index is -0.857. The van der Waals surface area contributed by atoms with E-state index >= 15 is 0 Å². The molecule has 0 aliphatic carbocycles. The summed E-state index contributed by atoms with van der Waals surface area (Å²) in [7, 11) is 0. The Kier molecular flexibility index (Phi) is 5.90. The third kappa shape index (κ3) is 4.41. The number of rotatable bonds is 5. The second-order valence-corrected chi connectivity index (χ2v) is 6.91. The van der Waals surface area contributed by atoms with Gasteiger partial charge in [0.25, 0.3) is 0 Å². The molecule has 0 spiro atoms. The van der Waals surface area contributed by atoms with Crippen LogP contribution < -0.4 is 4.74 Å². The first-order valence-electron chi connectivity index (χ1n) is 8.29. The summed E-state index contributed by atoms with van der Waals surface area (Å²) in [6, 6.07) is 7.21. The monoisotopic (exact) mass is 398 g/mol. The summed E-state index contributed by atoms with van der Waals surface area (Å²) in [5, 5.41) is 14.4. The Morgan fingerprint density at radius 3 is 2.58 bits per heavy atom. The van der Waals surface area contributed by atoms with Gasteiger partial charge in [0, 0.05) is 44.5 Å². The molecule has 9 heteroatoms. The molecule has 140 valence electrons. The number of aryl methyl sites for hydroxylation is 1. The van der Waals surface area contributed by atoms with Gasteiger partial charge in [-0.2, -0.15) is 0 Å². The highest BCUT2D eigenvalue weighted by Crippen LogP contribution is 2.25. The van der Waals surface area contributed by atoms with Crippen LogP contribution in [0, 0.1) is 6.92 Å². The maximum Gasteiger partial charge on any atom is 0.407 e. The molecular formula is C17H20Cl2N4O3. The molecule has 1 fully saturated rings. The smallest absolute Gasteiger partial charge is 0.407 e. The van der Waals surface area contributed by atoms with Crippen LogP contribution in [0.15, 0.2) is 24.3 Å². The number of carboxylic acid groups (broad SMARTS) is 1. The summed E-state index contributed by atoms with van der Waals surface area (Å²) in [6.07, 6.45) is -0.857. The SMILES string of the molecule is Cc1cc(OCCN2CCN(C(=O)O)CC2)nn1-c1ccc(Cl)c(Cl)c1. The number of nitrogens with zero attached hydrogens (tertiary/aromatic N) is 4. The van der Waals surface area contributed by atoms with Crippen LogP contribution in [0.5, 0.6) is 5.88 Å². The van der Waals surface area contributed by atoms with E-state index in [-0.39, 0.29) is 0 Å². The summed E-state index contributed by atoms with van der Waals surface area (Å²) < 4.78 is 7.51. The van der Waals surface area contributed by atoms with Gasteiger partial charge in [-0.15, -0.1) is 5.10 Å². The molecule has 1 amide bonds. The lowest BCUT2D eigenvalue weighted by atomic mass is 10.3. The van der Waals surface area contributed by atoms with Crippen LogP contribution >= 0.6 is 23.2 Å². The number of piperazine rings is 1. The van der Waals surface area contributed by atoms with Crippen LogP contribution in [0.4, 0.5) is 4.79 Å². The molecule has 0 atom stereocenters. The largest absolute Gasteiger partial charge is 0.475 e. The number of halogens is 2. The highest BCUT2D eigenvalue weighted by Gasteiger charge is 2.20. The number of amides is 1. The number of hydrogen-bond acceptors (Lipinski definition) is 4. The van der Waals surface area contributed by atoms with Crippen molar-refractivity contribution in [2.75, 3.05) is 39.3 Å². The van der Waals surface area contributed by atoms with Gasteiger partial charge in [0.2, 0.25) is 5.88 Å². The van der Waals surface area contributed by atoms with Crippen molar-refractivity contribution in [1.82, 2.24) is 19.6 Å². The van der Waals surface area contributed by atoms with E-state index in [2.05, 4.69) is 10.00 Å². The number of ether oxygens (including phenoxy) is 1. The van der Waals surface area contributed by atoms with Gasteiger partial charge in [0.05, 0.1) is 15.7 Å². The molecule has 2 heterocycles. The zero-order chi connectivity index (χ0) is 18.7. The van der Waals surface area contributed by atoms with E-state index < -0.39 is 6.09 Å². The Morgan fingerprint density at radius 1 is 1.19 bits per heavy atom. The molecule has 3 rings (SSSR count). The topological polar surface area (TPSA) is 70.8 Å². The molecule has 1 aromatic carbocycles. The van der Waals surface area contributed by atoms with Crippen LogP contribution in [-0.4, -0.2) is 70.1 Å². The van der Waals surface area contributed by atoms with Crippen molar-refractivity contribution in [1.29, 1.82) is 0 Å². The van der Waals surface area contributed by atoms with Crippen LogP contribution in [0.1, 0.15) is 5.69 Å². The lowest BCUT2D eigenvalue weighted by Crippen LogP contribution is -2.49. The van der Waals surface area contributed by atoms with Crippen molar-refractivity contribution in [3.8, 4) is 11.6 Å². The van der Waals surface area contributed by atoms with Gasteiger partial charge in [-0.25, -0.2) is 9.48 Å². The number of benzene rings is 1. The van der Waals surface area contributed by atoms with E-state index in [9.17, 15) is 4.79 Å². The third-order valence-electron chi connectivity index (χ3n) is 4.31. The molecule has 1 aliphatic rings. The standard InChI is InChI=1S/C17H20Cl2N4O3/c1-12-10-16(20-23(12)13-2-3-14(18)15(19)11-13)26-9-8-21-4-6-22(7-5-21)17(24)25/h2-3,10-11H,4-9H2,1H3,(H,24,25). The van der Waals surface area contributed by atoms with Gasteiger partial charge in [0.1, 0.15) is 6.61 Å². The van der Waals surface area contributed by atoms with E-state index in [4.69, 9.17) is 33.0 Å².